The molecule has 1 aliphatic heterocycles. The maximum absolute atomic E-state index is 11.9. The molecule has 1 aliphatic carbocycles. The number of carbonyl (C=O) groups is 1. The summed E-state index contributed by atoms with van der Waals surface area (Å²) >= 11 is 0. The molecule has 0 unspecified atom stereocenters. The van der Waals surface area contributed by atoms with Gasteiger partial charge in [-0.15, -0.1) is 0 Å². The zero-order valence-corrected chi connectivity index (χ0v) is 10.5. The normalized spacial score (nSPS) is 31.1. The van der Waals surface area contributed by atoms with Gasteiger partial charge in [-0.2, -0.15) is 0 Å². The second-order valence-electron chi connectivity index (χ2n) is 5.44. The van der Waals surface area contributed by atoms with Crippen LogP contribution in [-0.2, 0) is 9.53 Å². The molecule has 1 saturated carbocycles. The first-order valence-electron chi connectivity index (χ1n) is 6.86. The van der Waals surface area contributed by atoms with Gasteiger partial charge in [-0.05, 0) is 44.4 Å². The largest absolute Gasteiger partial charge is 0.381 e. The summed E-state index contributed by atoms with van der Waals surface area (Å²) in [7, 11) is 0. The summed E-state index contributed by atoms with van der Waals surface area (Å²) in [6.07, 6.45) is 6.99. The fraction of sp³-hybridized carbons (Fsp3) is 0.923. The van der Waals surface area contributed by atoms with E-state index in [0.29, 0.717) is 24.4 Å². The molecule has 4 nitrogen and oxygen atoms in total. The van der Waals surface area contributed by atoms with Crippen molar-refractivity contribution in [2.24, 2.45) is 11.7 Å². The van der Waals surface area contributed by atoms with Gasteiger partial charge in [0.2, 0.25) is 5.91 Å². The molecule has 2 rings (SSSR count). The molecular formula is C13H24N2O2. The van der Waals surface area contributed by atoms with Crippen LogP contribution in [0.25, 0.3) is 0 Å². The molecule has 0 atom stereocenters. The monoisotopic (exact) mass is 240 g/mol. The lowest BCUT2D eigenvalue weighted by Gasteiger charge is -2.27. The lowest BCUT2D eigenvalue weighted by atomic mass is 9.84. The van der Waals surface area contributed by atoms with Gasteiger partial charge >= 0.3 is 0 Å². The van der Waals surface area contributed by atoms with E-state index in [1.807, 2.05) is 0 Å². The number of hydrogen-bond donors (Lipinski definition) is 2. The van der Waals surface area contributed by atoms with Gasteiger partial charge < -0.3 is 15.8 Å². The number of amides is 1. The predicted molar refractivity (Wildman–Crippen MR) is 66.5 cm³/mol. The minimum atomic E-state index is 0.220. The summed E-state index contributed by atoms with van der Waals surface area (Å²) in [5.74, 6) is 0.770. The first kappa shape index (κ1) is 12.8. The van der Waals surface area contributed by atoms with E-state index < -0.39 is 0 Å². The highest BCUT2D eigenvalue weighted by Gasteiger charge is 2.22. The van der Waals surface area contributed by atoms with Gasteiger partial charge in [-0.3, -0.25) is 4.79 Å². The predicted octanol–water partition coefficient (Wildman–Crippen LogP) is 1.19. The summed E-state index contributed by atoms with van der Waals surface area (Å²) in [5.41, 5.74) is 5.86. The lowest BCUT2D eigenvalue weighted by Crippen LogP contribution is -2.40. The first-order valence-corrected chi connectivity index (χ1v) is 6.86. The second-order valence-corrected chi connectivity index (χ2v) is 5.44. The summed E-state index contributed by atoms with van der Waals surface area (Å²) < 4.78 is 5.28. The van der Waals surface area contributed by atoms with Gasteiger partial charge in [0.05, 0.1) is 0 Å². The number of rotatable bonds is 3. The third kappa shape index (κ3) is 4.28. The van der Waals surface area contributed by atoms with Crippen LogP contribution < -0.4 is 11.1 Å². The standard InChI is InChI=1S/C13H24N2O2/c14-11-3-1-10(2-4-11)9-13(16)15-12-5-7-17-8-6-12/h10-12H,1-9,14H2,(H,15,16). The van der Waals surface area contributed by atoms with Crippen LogP contribution in [0.5, 0.6) is 0 Å². The van der Waals surface area contributed by atoms with Crippen LogP contribution in [-0.4, -0.2) is 31.2 Å². The maximum atomic E-state index is 11.9. The third-order valence-electron chi connectivity index (χ3n) is 3.95. The molecule has 0 radical (unpaired) electrons. The molecule has 3 N–H and O–H groups in total. The summed E-state index contributed by atoms with van der Waals surface area (Å²) in [6.45, 7) is 1.56. The van der Waals surface area contributed by atoms with Crippen molar-refractivity contribution in [2.75, 3.05) is 13.2 Å². The molecule has 0 spiro atoms. The van der Waals surface area contributed by atoms with Crippen LogP contribution in [0.4, 0.5) is 0 Å². The van der Waals surface area contributed by atoms with Crippen LogP contribution in [0.3, 0.4) is 0 Å². The molecule has 17 heavy (non-hydrogen) atoms. The van der Waals surface area contributed by atoms with Gasteiger partial charge in [0.25, 0.3) is 0 Å². The Kier molecular flexibility index (Phi) is 4.80. The van der Waals surface area contributed by atoms with E-state index in [0.717, 1.165) is 51.7 Å². The van der Waals surface area contributed by atoms with Crippen molar-refractivity contribution >= 4 is 5.91 Å². The van der Waals surface area contributed by atoms with Gasteiger partial charge in [0.15, 0.2) is 0 Å². The Bertz CT molecular complexity index is 244. The number of nitrogens with one attached hydrogen (secondary N) is 1. The summed E-state index contributed by atoms with van der Waals surface area (Å²) in [4.78, 5) is 11.9. The van der Waals surface area contributed by atoms with Gasteiger partial charge in [0, 0.05) is 31.7 Å². The zero-order valence-electron chi connectivity index (χ0n) is 10.5. The average molecular weight is 240 g/mol. The quantitative estimate of drug-likeness (QED) is 0.779. The van der Waals surface area contributed by atoms with E-state index in [1.54, 1.807) is 0 Å². The molecule has 2 fully saturated rings. The second kappa shape index (κ2) is 6.36. The fourth-order valence-electron chi connectivity index (χ4n) is 2.78. The van der Waals surface area contributed by atoms with E-state index in [9.17, 15) is 4.79 Å². The van der Waals surface area contributed by atoms with E-state index in [-0.39, 0.29) is 5.91 Å². The molecule has 1 heterocycles. The molecule has 2 aliphatic rings. The molecule has 0 aromatic heterocycles. The summed E-state index contributed by atoms with van der Waals surface area (Å²) in [5, 5.41) is 3.13. The third-order valence-corrected chi connectivity index (χ3v) is 3.95. The lowest BCUT2D eigenvalue weighted by molar-refractivity contribution is -0.123. The Balaban J connectivity index is 1.66. The molecular weight excluding hydrogens is 216 g/mol. The first-order chi connectivity index (χ1) is 8.24. The van der Waals surface area contributed by atoms with Crippen LogP contribution >= 0.6 is 0 Å². The van der Waals surface area contributed by atoms with Crippen LogP contribution in [0.2, 0.25) is 0 Å². The SMILES string of the molecule is NC1CCC(CC(=O)NC2CCOCC2)CC1. The van der Waals surface area contributed by atoms with Crippen molar-refractivity contribution in [3.8, 4) is 0 Å². The number of nitrogens with two attached hydrogens (primary N) is 1. The molecule has 1 amide bonds. The molecule has 0 aromatic rings. The van der Waals surface area contributed by atoms with Crippen LogP contribution in [0, 0.1) is 5.92 Å². The Morgan fingerprint density at radius 2 is 1.76 bits per heavy atom. The molecule has 98 valence electrons. The number of carbonyl (C=O) groups excluding carboxylic acids is 1. The molecule has 1 saturated heterocycles. The van der Waals surface area contributed by atoms with Crippen molar-refractivity contribution in [1.82, 2.24) is 5.32 Å². The highest BCUT2D eigenvalue weighted by atomic mass is 16.5. The van der Waals surface area contributed by atoms with Crippen molar-refractivity contribution < 1.29 is 9.53 Å². The Labute approximate surface area is 103 Å². The maximum Gasteiger partial charge on any atom is 0.220 e. The highest BCUT2D eigenvalue weighted by Crippen LogP contribution is 2.25. The molecule has 0 aromatic carbocycles. The van der Waals surface area contributed by atoms with Gasteiger partial charge in [-0.1, -0.05) is 0 Å². The van der Waals surface area contributed by atoms with Crippen molar-refractivity contribution in [1.29, 1.82) is 0 Å². The van der Waals surface area contributed by atoms with Gasteiger partial charge in [-0.25, -0.2) is 0 Å². The summed E-state index contributed by atoms with van der Waals surface area (Å²) in [6, 6.07) is 0.701. The van der Waals surface area contributed by atoms with Gasteiger partial charge in [0.1, 0.15) is 0 Å². The topological polar surface area (TPSA) is 64.4 Å². The van der Waals surface area contributed by atoms with E-state index >= 15 is 0 Å². The molecule has 4 heteroatoms. The smallest absolute Gasteiger partial charge is 0.220 e. The Morgan fingerprint density at radius 3 is 2.41 bits per heavy atom. The minimum Gasteiger partial charge on any atom is -0.381 e. The van der Waals surface area contributed by atoms with Crippen molar-refractivity contribution in [3.05, 3.63) is 0 Å². The van der Waals surface area contributed by atoms with E-state index in [2.05, 4.69) is 5.32 Å². The Hall–Kier alpha value is -0.610. The average Bonchev–Trinajstić information content (AvgIpc) is 2.33. The number of hydrogen-bond acceptors (Lipinski definition) is 3. The zero-order chi connectivity index (χ0) is 12.1. The molecule has 0 bridgehead atoms. The Morgan fingerprint density at radius 1 is 1.12 bits per heavy atom. The fourth-order valence-corrected chi connectivity index (χ4v) is 2.78. The van der Waals surface area contributed by atoms with Crippen molar-refractivity contribution in [3.63, 3.8) is 0 Å². The van der Waals surface area contributed by atoms with E-state index in [4.69, 9.17) is 10.5 Å². The highest BCUT2D eigenvalue weighted by molar-refractivity contribution is 5.76. The number of ether oxygens (including phenoxy) is 1. The van der Waals surface area contributed by atoms with Crippen LogP contribution in [0.1, 0.15) is 44.9 Å². The minimum absolute atomic E-state index is 0.220. The van der Waals surface area contributed by atoms with E-state index in [1.165, 1.54) is 0 Å². The van der Waals surface area contributed by atoms with Crippen molar-refractivity contribution in [2.45, 2.75) is 57.0 Å². The van der Waals surface area contributed by atoms with Crippen LogP contribution in [0.15, 0.2) is 0 Å².